The summed E-state index contributed by atoms with van der Waals surface area (Å²) in [5, 5.41) is 6.78. The van der Waals surface area contributed by atoms with Gasteiger partial charge in [0.05, 0.1) is 0 Å². The first-order valence-corrected chi connectivity index (χ1v) is 9.94. The minimum Gasteiger partial charge on any atom is -0.372 e. The maximum absolute atomic E-state index is 4.28. The number of rotatable bonds is 11. The summed E-state index contributed by atoms with van der Waals surface area (Å²) in [5.74, 6) is 2.15. The van der Waals surface area contributed by atoms with Crippen LogP contribution >= 0.6 is 11.8 Å². The van der Waals surface area contributed by atoms with Crippen LogP contribution in [0.3, 0.4) is 0 Å². The second kappa shape index (κ2) is 13.1. The largest absolute Gasteiger partial charge is 0.372 e. The zero-order valence-electron chi connectivity index (χ0n) is 14.8. The molecule has 0 aliphatic carbocycles. The molecule has 0 saturated carbocycles. The van der Waals surface area contributed by atoms with Crippen molar-refractivity contribution in [3.05, 3.63) is 30.3 Å². The van der Waals surface area contributed by atoms with Crippen LogP contribution in [-0.2, 0) is 0 Å². The lowest BCUT2D eigenvalue weighted by Crippen LogP contribution is -2.39. The molecule has 0 atom stereocenters. The maximum atomic E-state index is 4.28. The SMILES string of the molecule is CCN(CCCNC(=NC)NCCCCSC)c1ccccc1. The van der Waals surface area contributed by atoms with Crippen molar-refractivity contribution < 1.29 is 0 Å². The monoisotopic (exact) mass is 336 g/mol. The van der Waals surface area contributed by atoms with Crippen LogP contribution in [0.5, 0.6) is 0 Å². The van der Waals surface area contributed by atoms with Gasteiger partial charge >= 0.3 is 0 Å². The van der Waals surface area contributed by atoms with Gasteiger partial charge in [-0.05, 0) is 50.3 Å². The molecule has 1 rings (SSSR count). The van der Waals surface area contributed by atoms with Gasteiger partial charge < -0.3 is 15.5 Å². The fraction of sp³-hybridized carbons (Fsp3) is 0.611. The van der Waals surface area contributed by atoms with Gasteiger partial charge in [-0.3, -0.25) is 4.99 Å². The molecule has 1 aromatic carbocycles. The lowest BCUT2D eigenvalue weighted by atomic mass is 10.2. The first-order valence-electron chi connectivity index (χ1n) is 8.55. The summed E-state index contributed by atoms with van der Waals surface area (Å²) in [4.78, 5) is 6.68. The standard InChI is InChI=1S/C18H32N4S/c1-4-22(17-11-6-5-7-12-17)15-10-14-21-18(19-2)20-13-8-9-16-23-3/h5-7,11-12H,4,8-10,13-16H2,1-3H3,(H2,19,20,21). The Kier molecular flexibility index (Phi) is 11.2. The molecular formula is C18H32N4S. The molecule has 0 aromatic heterocycles. The van der Waals surface area contributed by atoms with E-state index < -0.39 is 0 Å². The number of thioether (sulfide) groups is 1. The predicted octanol–water partition coefficient (Wildman–Crippen LogP) is 3.21. The number of unbranched alkanes of at least 4 members (excludes halogenated alkanes) is 1. The Morgan fingerprint density at radius 1 is 1.09 bits per heavy atom. The van der Waals surface area contributed by atoms with E-state index in [4.69, 9.17) is 0 Å². The van der Waals surface area contributed by atoms with E-state index >= 15 is 0 Å². The Bertz CT molecular complexity index is 422. The van der Waals surface area contributed by atoms with Gasteiger partial charge in [0.2, 0.25) is 0 Å². The molecule has 2 N–H and O–H groups in total. The maximum Gasteiger partial charge on any atom is 0.190 e. The third kappa shape index (κ3) is 8.74. The van der Waals surface area contributed by atoms with E-state index in [9.17, 15) is 0 Å². The first-order chi connectivity index (χ1) is 11.3. The van der Waals surface area contributed by atoms with E-state index in [0.717, 1.165) is 38.6 Å². The number of hydrogen-bond acceptors (Lipinski definition) is 3. The lowest BCUT2D eigenvalue weighted by Gasteiger charge is -2.23. The summed E-state index contributed by atoms with van der Waals surface area (Å²) in [5.41, 5.74) is 1.30. The number of benzene rings is 1. The summed E-state index contributed by atoms with van der Waals surface area (Å²) >= 11 is 1.91. The topological polar surface area (TPSA) is 39.7 Å². The van der Waals surface area contributed by atoms with Crippen LogP contribution in [0, 0.1) is 0 Å². The molecule has 0 spiro atoms. The second-order valence-corrected chi connectivity index (χ2v) is 6.38. The van der Waals surface area contributed by atoms with Crippen molar-refractivity contribution in [3.8, 4) is 0 Å². The molecule has 0 aliphatic rings. The highest BCUT2D eigenvalue weighted by atomic mass is 32.2. The van der Waals surface area contributed by atoms with Crippen LogP contribution in [0.1, 0.15) is 26.2 Å². The minimum atomic E-state index is 0.914. The highest BCUT2D eigenvalue weighted by Gasteiger charge is 2.03. The third-order valence-electron chi connectivity index (χ3n) is 3.69. The van der Waals surface area contributed by atoms with E-state index in [0.29, 0.717) is 0 Å². The van der Waals surface area contributed by atoms with Crippen LogP contribution in [0.4, 0.5) is 5.69 Å². The van der Waals surface area contributed by atoms with Crippen LogP contribution in [0.15, 0.2) is 35.3 Å². The summed E-state index contributed by atoms with van der Waals surface area (Å²) in [6.07, 6.45) is 5.70. The van der Waals surface area contributed by atoms with E-state index in [-0.39, 0.29) is 0 Å². The molecule has 0 heterocycles. The molecular weight excluding hydrogens is 304 g/mol. The normalized spacial score (nSPS) is 11.3. The average Bonchev–Trinajstić information content (AvgIpc) is 2.60. The van der Waals surface area contributed by atoms with Crippen molar-refractivity contribution in [2.45, 2.75) is 26.2 Å². The Hall–Kier alpha value is -1.36. The zero-order chi connectivity index (χ0) is 16.8. The molecule has 23 heavy (non-hydrogen) atoms. The Labute approximate surface area is 146 Å². The van der Waals surface area contributed by atoms with Crippen LogP contribution in [-0.4, -0.2) is 51.2 Å². The fourth-order valence-electron chi connectivity index (χ4n) is 2.38. The van der Waals surface area contributed by atoms with E-state index in [1.54, 1.807) is 0 Å². The van der Waals surface area contributed by atoms with Crippen LogP contribution < -0.4 is 15.5 Å². The number of para-hydroxylation sites is 1. The van der Waals surface area contributed by atoms with Crippen molar-refractivity contribution in [1.82, 2.24) is 10.6 Å². The van der Waals surface area contributed by atoms with Gasteiger partial charge in [-0.15, -0.1) is 0 Å². The number of guanidine groups is 1. The van der Waals surface area contributed by atoms with Gasteiger partial charge in [0.15, 0.2) is 5.96 Å². The molecule has 0 saturated heterocycles. The number of anilines is 1. The molecule has 0 amide bonds. The number of nitrogens with zero attached hydrogens (tertiary/aromatic N) is 2. The highest BCUT2D eigenvalue weighted by Crippen LogP contribution is 2.12. The number of aliphatic imine (C=N–C) groups is 1. The van der Waals surface area contributed by atoms with Crippen molar-refractivity contribution in [2.75, 3.05) is 50.1 Å². The summed E-state index contributed by atoms with van der Waals surface area (Å²) in [6.45, 7) is 6.22. The number of nitrogens with one attached hydrogen (secondary N) is 2. The Morgan fingerprint density at radius 3 is 2.39 bits per heavy atom. The molecule has 0 fully saturated rings. The van der Waals surface area contributed by atoms with Crippen molar-refractivity contribution in [1.29, 1.82) is 0 Å². The second-order valence-electron chi connectivity index (χ2n) is 5.39. The summed E-state index contributed by atoms with van der Waals surface area (Å²) < 4.78 is 0. The van der Waals surface area contributed by atoms with Gasteiger partial charge in [0, 0.05) is 38.9 Å². The van der Waals surface area contributed by atoms with Gasteiger partial charge in [0.25, 0.3) is 0 Å². The zero-order valence-corrected chi connectivity index (χ0v) is 15.7. The smallest absolute Gasteiger partial charge is 0.190 e. The van der Waals surface area contributed by atoms with E-state index in [2.05, 4.69) is 64.0 Å². The molecule has 5 heteroatoms. The van der Waals surface area contributed by atoms with Crippen molar-refractivity contribution >= 4 is 23.4 Å². The Balaban J connectivity index is 2.19. The molecule has 0 aliphatic heterocycles. The first kappa shape index (κ1) is 19.7. The highest BCUT2D eigenvalue weighted by molar-refractivity contribution is 7.98. The molecule has 0 bridgehead atoms. The van der Waals surface area contributed by atoms with E-state index in [1.165, 1.54) is 24.3 Å². The molecule has 4 nitrogen and oxygen atoms in total. The fourth-order valence-corrected chi connectivity index (χ4v) is 2.88. The summed E-state index contributed by atoms with van der Waals surface area (Å²) in [7, 11) is 1.83. The van der Waals surface area contributed by atoms with Crippen molar-refractivity contribution in [2.24, 2.45) is 4.99 Å². The lowest BCUT2D eigenvalue weighted by molar-refractivity contribution is 0.696. The Morgan fingerprint density at radius 2 is 1.78 bits per heavy atom. The minimum absolute atomic E-state index is 0.914. The van der Waals surface area contributed by atoms with Crippen molar-refractivity contribution in [3.63, 3.8) is 0 Å². The molecule has 1 aromatic rings. The van der Waals surface area contributed by atoms with Gasteiger partial charge in [-0.1, -0.05) is 18.2 Å². The molecule has 0 unspecified atom stereocenters. The third-order valence-corrected chi connectivity index (χ3v) is 4.39. The van der Waals surface area contributed by atoms with Gasteiger partial charge in [0.1, 0.15) is 0 Å². The number of hydrogen-bond donors (Lipinski definition) is 2. The van der Waals surface area contributed by atoms with Crippen LogP contribution in [0.25, 0.3) is 0 Å². The summed E-state index contributed by atoms with van der Waals surface area (Å²) in [6, 6.07) is 10.6. The quantitative estimate of drug-likeness (QED) is 0.370. The van der Waals surface area contributed by atoms with Gasteiger partial charge in [-0.25, -0.2) is 0 Å². The molecule has 130 valence electrons. The molecule has 0 radical (unpaired) electrons. The van der Waals surface area contributed by atoms with Crippen LogP contribution in [0.2, 0.25) is 0 Å². The van der Waals surface area contributed by atoms with Gasteiger partial charge in [-0.2, -0.15) is 11.8 Å². The van der Waals surface area contributed by atoms with E-state index in [1.807, 2.05) is 18.8 Å². The predicted molar refractivity (Wildman–Crippen MR) is 106 cm³/mol. The average molecular weight is 337 g/mol.